The Balaban J connectivity index is 1.48. The Bertz CT molecular complexity index is 299. The van der Waals surface area contributed by atoms with Crippen LogP contribution in [0.2, 0.25) is 0 Å². The number of morpholine rings is 1. The first kappa shape index (κ1) is 12.6. The second-order valence-corrected chi connectivity index (χ2v) is 6.14. The first-order valence-corrected chi connectivity index (χ1v) is 7.58. The molecule has 2 atom stereocenters. The number of ether oxygens (including phenoxy) is 1. The van der Waals surface area contributed by atoms with Crippen LogP contribution in [-0.2, 0) is 4.74 Å². The summed E-state index contributed by atoms with van der Waals surface area (Å²) in [7, 11) is 0. The maximum Gasteiger partial charge on any atom is 0.0731 e. The molecule has 0 aromatic carbocycles. The third-order valence-corrected chi connectivity index (χ3v) is 4.49. The predicted octanol–water partition coefficient (Wildman–Crippen LogP) is 1.94. The average molecular weight is 250 g/mol. The van der Waals surface area contributed by atoms with Gasteiger partial charge in [-0.1, -0.05) is 19.4 Å². The molecule has 3 aliphatic rings. The largest absolute Gasteiger partial charge is 0.375 e. The van der Waals surface area contributed by atoms with Crippen molar-refractivity contribution in [3.63, 3.8) is 0 Å². The first-order valence-electron chi connectivity index (χ1n) is 7.58. The van der Waals surface area contributed by atoms with E-state index in [0.717, 1.165) is 32.3 Å². The molecule has 2 unspecified atom stereocenters. The minimum absolute atomic E-state index is 0.497. The van der Waals surface area contributed by atoms with Gasteiger partial charge in [0.2, 0.25) is 0 Å². The van der Waals surface area contributed by atoms with Gasteiger partial charge in [-0.15, -0.1) is 0 Å². The molecule has 2 aliphatic carbocycles. The van der Waals surface area contributed by atoms with Crippen molar-refractivity contribution in [1.29, 1.82) is 0 Å². The summed E-state index contributed by atoms with van der Waals surface area (Å²) in [5.41, 5.74) is 1.34. The third-order valence-electron chi connectivity index (χ3n) is 4.49. The van der Waals surface area contributed by atoms with Crippen LogP contribution in [0.5, 0.6) is 0 Å². The van der Waals surface area contributed by atoms with Crippen molar-refractivity contribution < 1.29 is 4.74 Å². The van der Waals surface area contributed by atoms with E-state index in [1.165, 1.54) is 44.1 Å². The van der Waals surface area contributed by atoms with Crippen LogP contribution in [-0.4, -0.2) is 49.3 Å². The van der Waals surface area contributed by atoms with Gasteiger partial charge in [0.25, 0.3) is 0 Å². The Morgan fingerprint density at radius 2 is 2.06 bits per heavy atom. The van der Waals surface area contributed by atoms with Gasteiger partial charge in [0.15, 0.2) is 0 Å². The molecule has 3 nitrogen and oxygen atoms in total. The Hall–Kier alpha value is -0.380. The van der Waals surface area contributed by atoms with Gasteiger partial charge < -0.3 is 10.1 Å². The van der Waals surface area contributed by atoms with Crippen LogP contribution in [0.15, 0.2) is 12.2 Å². The van der Waals surface area contributed by atoms with Gasteiger partial charge in [-0.2, -0.15) is 0 Å². The monoisotopic (exact) mass is 250 g/mol. The van der Waals surface area contributed by atoms with Gasteiger partial charge in [0, 0.05) is 31.7 Å². The summed E-state index contributed by atoms with van der Waals surface area (Å²) in [6.45, 7) is 8.29. The summed E-state index contributed by atoms with van der Waals surface area (Å²) < 4.78 is 5.91. The van der Waals surface area contributed by atoms with Crippen molar-refractivity contribution in [2.24, 2.45) is 0 Å². The number of rotatable bonds is 5. The van der Waals surface area contributed by atoms with Gasteiger partial charge in [-0.05, 0) is 31.3 Å². The van der Waals surface area contributed by atoms with E-state index in [1.807, 2.05) is 0 Å². The maximum atomic E-state index is 5.91. The molecule has 0 aromatic heterocycles. The Morgan fingerprint density at radius 3 is 2.89 bits per heavy atom. The molecule has 3 heteroatoms. The number of hydrogen-bond acceptors (Lipinski definition) is 3. The fourth-order valence-electron chi connectivity index (χ4n) is 3.29. The van der Waals surface area contributed by atoms with Gasteiger partial charge in [0.05, 0.1) is 12.7 Å². The zero-order valence-electron chi connectivity index (χ0n) is 11.4. The Labute approximate surface area is 111 Å². The van der Waals surface area contributed by atoms with Crippen LogP contribution in [0.3, 0.4) is 0 Å². The zero-order valence-corrected chi connectivity index (χ0v) is 11.4. The molecule has 1 N–H and O–H groups in total. The molecule has 3 fully saturated rings. The fraction of sp³-hybridized carbons (Fsp3) is 0.867. The third kappa shape index (κ3) is 3.14. The molecule has 1 heterocycles. The molecule has 0 bridgehead atoms. The summed E-state index contributed by atoms with van der Waals surface area (Å²) in [4.78, 5) is 2.62. The molecule has 2 saturated carbocycles. The van der Waals surface area contributed by atoms with E-state index in [1.54, 1.807) is 0 Å². The number of nitrogens with zero attached hydrogens (tertiary/aromatic N) is 1. The lowest BCUT2D eigenvalue weighted by Crippen LogP contribution is -2.53. The van der Waals surface area contributed by atoms with Crippen molar-refractivity contribution in [3.8, 4) is 0 Å². The van der Waals surface area contributed by atoms with E-state index >= 15 is 0 Å². The summed E-state index contributed by atoms with van der Waals surface area (Å²) in [5.74, 6) is 0. The highest BCUT2D eigenvalue weighted by molar-refractivity contribution is 5.04. The molecule has 1 aliphatic heterocycles. The first-order chi connectivity index (χ1) is 8.83. The van der Waals surface area contributed by atoms with Crippen LogP contribution >= 0.6 is 0 Å². The average Bonchev–Trinajstić information content (AvgIpc) is 3.21. The molecule has 0 radical (unpaired) electrons. The van der Waals surface area contributed by atoms with Gasteiger partial charge in [-0.3, -0.25) is 4.90 Å². The zero-order chi connectivity index (χ0) is 12.4. The Kier molecular flexibility index (Phi) is 4.02. The highest BCUT2D eigenvalue weighted by atomic mass is 16.5. The Morgan fingerprint density at radius 1 is 1.22 bits per heavy atom. The van der Waals surface area contributed by atoms with Crippen molar-refractivity contribution in [2.75, 3.05) is 26.2 Å². The van der Waals surface area contributed by atoms with Crippen LogP contribution < -0.4 is 5.32 Å². The summed E-state index contributed by atoms with van der Waals surface area (Å²) >= 11 is 0. The molecular weight excluding hydrogens is 224 g/mol. The van der Waals surface area contributed by atoms with Crippen LogP contribution in [0.1, 0.15) is 38.5 Å². The van der Waals surface area contributed by atoms with E-state index in [0.29, 0.717) is 12.1 Å². The SMILES string of the molecule is C=C(CNC1CC1)CN1CCOC2CCCCC21. The minimum Gasteiger partial charge on any atom is -0.375 e. The number of hydrogen-bond donors (Lipinski definition) is 1. The number of fused-ring (bicyclic) bond motifs is 1. The van der Waals surface area contributed by atoms with E-state index < -0.39 is 0 Å². The van der Waals surface area contributed by atoms with Crippen molar-refractivity contribution in [3.05, 3.63) is 12.2 Å². The molecule has 18 heavy (non-hydrogen) atoms. The fourth-order valence-corrected chi connectivity index (χ4v) is 3.29. The molecule has 0 amide bonds. The lowest BCUT2D eigenvalue weighted by Gasteiger charge is -2.44. The minimum atomic E-state index is 0.497. The molecule has 1 saturated heterocycles. The molecule has 3 rings (SSSR count). The second-order valence-electron chi connectivity index (χ2n) is 6.14. The van der Waals surface area contributed by atoms with Crippen LogP contribution in [0, 0.1) is 0 Å². The van der Waals surface area contributed by atoms with Gasteiger partial charge in [0.1, 0.15) is 0 Å². The van der Waals surface area contributed by atoms with E-state index in [-0.39, 0.29) is 0 Å². The van der Waals surface area contributed by atoms with Gasteiger partial charge in [-0.25, -0.2) is 0 Å². The summed E-state index contributed by atoms with van der Waals surface area (Å²) in [6.07, 6.45) is 8.50. The van der Waals surface area contributed by atoms with E-state index in [9.17, 15) is 0 Å². The highest BCUT2D eigenvalue weighted by Gasteiger charge is 2.34. The summed E-state index contributed by atoms with van der Waals surface area (Å²) in [5, 5.41) is 3.56. The van der Waals surface area contributed by atoms with Crippen molar-refractivity contribution >= 4 is 0 Å². The maximum absolute atomic E-state index is 5.91. The molecule has 0 aromatic rings. The van der Waals surface area contributed by atoms with Crippen LogP contribution in [0.4, 0.5) is 0 Å². The van der Waals surface area contributed by atoms with Crippen molar-refractivity contribution in [1.82, 2.24) is 10.2 Å². The number of nitrogens with one attached hydrogen (secondary N) is 1. The second kappa shape index (κ2) is 5.72. The summed E-state index contributed by atoms with van der Waals surface area (Å²) in [6, 6.07) is 1.44. The topological polar surface area (TPSA) is 24.5 Å². The standard InChI is InChI=1S/C15H26N2O/c1-12(10-16-13-6-7-13)11-17-8-9-18-15-5-3-2-4-14(15)17/h13-16H,1-11H2. The quantitative estimate of drug-likeness (QED) is 0.755. The smallest absolute Gasteiger partial charge is 0.0731 e. The lowest BCUT2D eigenvalue weighted by molar-refractivity contribution is -0.0849. The highest BCUT2D eigenvalue weighted by Crippen LogP contribution is 2.28. The predicted molar refractivity (Wildman–Crippen MR) is 73.7 cm³/mol. The molecular formula is C15H26N2O. The molecule has 102 valence electrons. The lowest BCUT2D eigenvalue weighted by atomic mass is 9.90. The van der Waals surface area contributed by atoms with Crippen LogP contribution in [0.25, 0.3) is 0 Å². The van der Waals surface area contributed by atoms with Gasteiger partial charge >= 0.3 is 0 Å². The van der Waals surface area contributed by atoms with Crippen molar-refractivity contribution in [2.45, 2.75) is 56.7 Å². The van der Waals surface area contributed by atoms with E-state index in [4.69, 9.17) is 4.74 Å². The van der Waals surface area contributed by atoms with E-state index in [2.05, 4.69) is 16.8 Å². The normalized spacial score (nSPS) is 33.1. The molecule has 0 spiro atoms.